The fourth-order valence-electron chi connectivity index (χ4n) is 0. The second kappa shape index (κ2) is 23.6. The molecule has 0 saturated carbocycles. The van der Waals surface area contributed by atoms with Gasteiger partial charge in [-0.1, -0.05) is 0 Å². The van der Waals surface area contributed by atoms with Gasteiger partial charge in [-0.05, 0) is 0 Å². The Morgan fingerprint density at radius 3 is 0.727 bits per heavy atom. The van der Waals surface area contributed by atoms with E-state index in [1.54, 1.807) is 0 Å². The van der Waals surface area contributed by atoms with E-state index in [0.717, 1.165) is 0 Å². The average Bonchev–Trinajstić information content (AvgIpc) is 0.722. The Kier molecular flexibility index (Phi) is 99.0. The standard InChI is InChI=1S/AsH3O4.3Ca.3H2O.6H/c2-1(3,4)5;;;;;;;;;;;;/h(H3,2,3,4,5);;;;3*1H2;;;;;;. The molecule has 0 aromatic heterocycles. The molecule has 9 N–H and O–H groups in total. The molecule has 0 rings (SSSR count). The molecule has 0 fully saturated rings. The van der Waals surface area contributed by atoms with Crippen molar-refractivity contribution in [1.82, 2.24) is 0 Å². The Balaban J connectivity index is -0.00000000533. The summed E-state index contributed by atoms with van der Waals surface area (Å²) in [6.45, 7) is 0. The summed E-state index contributed by atoms with van der Waals surface area (Å²) in [4.78, 5) is 0. The van der Waals surface area contributed by atoms with Crippen LogP contribution in [0.25, 0.3) is 0 Å². The molecule has 0 aromatic rings. The van der Waals surface area contributed by atoms with Gasteiger partial charge in [0.1, 0.15) is 0 Å². The summed E-state index contributed by atoms with van der Waals surface area (Å²) < 4.78 is 30.7. The van der Waals surface area contributed by atoms with Gasteiger partial charge in [0.05, 0.1) is 0 Å². The minimum absolute atomic E-state index is 0. The van der Waals surface area contributed by atoms with E-state index in [2.05, 4.69) is 0 Å². The summed E-state index contributed by atoms with van der Waals surface area (Å²) in [5.41, 5.74) is 0. The second-order valence-corrected chi connectivity index (χ2v) is 2.67. The molecule has 11 heteroatoms. The topological polar surface area (TPSA) is 172 Å². The summed E-state index contributed by atoms with van der Waals surface area (Å²) in [5, 5.41) is 0. The maximum atomic E-state index is 8.94. The van der Waals surface area contributed by atoms with Crippen molar-refractivity contribution < 1.29 is 32.5 Å². The van der Waals surface area contributed by atoms with Crippen LogP contribution in [0.3, 0.4) is 0 Å². The molecule has 0 aromatic carbocycles. The molecule has 7 nitrogen and oxygen atoms in total. The van der Waals surface area contributed by atoms with Crippen LogP contribution in [-0.2, 0) is 3.74 Å². The Morgan fingerprint density at radius 1 is 0.727 bits per heavy atom. The van der Waals surface area contributed by atoms with Crippen molar-refractivity contribution in [1.29, 1.82) is 0 Å². The van der Waals surface area contributed by atoms with Gasteiger partial charge in [-0.25, -0.2) is 0 Å². The molecule has 0 saturated heterocycles. The van der Waals surface area contributed by atoms with Gasteiger partial charge in [-0.3, -0.25) is 0 Å². The molecule has 0 aliphatic rings. The van der Waals surface area contributed by atoms with E-state index in [0.29, 0.717) is 0 Å². The van der Waals surface area contributed by atoms with Gasteiger partial charge in [-0.2, -0.15) is 0 Å². The molecule has 0 unspecified atom stereocenters. The van der Waals surface area contributed by atoms with Crippen LogP contribution >= 0.6 is 0 Å². The zero-order chi connectivity index (χ0) is 4.50. The van der Waals surface area contributed by atoms with Crippen LogP contribution in [0.2, 0.25) is 0 Å². The van der Waals surface area contributed by atoms with Crippen molar-refractivity contribution in [3.63, 3.8) is 0 Å². The van der Waals surface area contributed by atoms with E-state index in [-0.39, 0.29) is 130 Å². The Hall–Kier alpha value is 3.90. The monoisotopic (exact) mass is 322 g/mol. The molecule has 11 heavy (non-hydrogen) atoms. The van der Waals surface area contributed by atoms with Gasteiger partial charge in [0.25, 0.3) is 0 Å². The Morgan fingerprint density at radius 2 is 0.727 bits per heavy atom. The first-order chi connectivity index (χ1) is 2.00. The van der Waals surface area contributed by atoms with Crippen molar-refractivity contribution in [3.05, 3.63) is 0 Å². The molecule has 0 aliphatic carbocycles. The van der Waals surface area contributed by atoms with E-state index in [1.165, 1.54) is 0 Å². The quantitative estimate of drug-likeness (QED) is 0.376. The van der Waals surface area contributed by atoms with Crippen LogP contribution in [0.15, 0.2) is 0 Å². The van der Waals surface area contributed by atoms with Gasteiger partial charge in [0.2, 0.25) is 0 Å². The van der Waals surface area contributed by atoms with E-state index in [1.807, 2.05) is 0 Å². The van der Waals surface area contributed by atoms with E-state index < -0.39 is 14.5 Å². The first kappa shape index (κ1) is 46.1. The van der Waals surface area contributed by atoms with Gasteiger partial charge >= 0.3 is 144 Å². The third kappa shape index (κ3) is 129. The maximum absolute atomic E-state index is 8.94. The average molecular weight is 322 g/mol. The molecule has 0 atom stereocenters. The van der Waals surface area contributed by atoms with Crippen molar-refractivity contribution in [2.45, 2.75) is 0 Å². The van der Waals surface area contributed by atoms with Crippen LogP contribution in [-0.4, -0.2) is 156 Å². The number of rotatable bonds is 0. The van der Waals surface area contributed by atoms with Crippen molar-refractivity contribution >= 4 is 128 Å². The predicted octanol–water partition coefficient (Wildman–Crippen LogP) is -7.39. The molecule has 0 aliphatic heterocycles. The number of hydrogen-bond acceptors (Lipinski definition) is 1. The normalized spacial score (nSPS) is 5.36. The fourth-order valence-corrected chi connectivity index (χ4v) is 0. The van der Waals surface area contributed by atoms with Crippen LogP contribution in [0, 0.1) is 0 Å². The van der Waals surface area contributed by atoms with Crippen LogP contribution < -0.4 is 0 Å². The number of hydrogen-bond donors (Lipinski definition) is 3. The molecule has 0 bridgehead atoms. The zero-order valence-corrected chi connectivity index (χ0v) is 5.57. The minimum atomic E-state index is -5.12. The molecule has 0 radical (unpaired) electrons. The molecule has 0 spiro atoms. The summed E-state index contributed by atoms with van der Waals surface area (Å²) in [7, 11) is 0. The first-order valence-corrected chi connectivity index (χ1v) is 4.07. The molecule has 0 amide bonds. The van der Waals surface area contributed by atoms with Gasteiger partial charge in [0.15, 0.2) is 0 Å². The predicted molar refractivity (Wildman–Crippen MR) is 49.6 cm³/mol. The van der Waals surface area contributed by atoms with E-state index in [9.17, 15) is 0 Å². The molecular weight excluding hydrogens is 307 g/mol. The van der Waals surface area contributed by atoms with Crippen LogP contribution in [0.4, 0.5) is 0 Å². The third-order valence-corrected chi connectivity index (χ3v) is 0. The van der Waals surface area contributed by atoms with Crippen LogP contribution in [0.5, 0.6) is 0 Å². The SMILES string of the molecule is O.O.O.O=[As](O)(O)O.[CaH2].[CaH2].[CaH2]. The summed E-state index contributed by atoms with van der Waals surface area (Å²) in [6.07, 6.45) is 0. The molecular formula is H15AsCa3O7. The third-order valence-electron chi connectivity index (χ3n) is 0. The summed E-state index contributed by atoms with van der Waals surface area (Å²) in [5.74, 6) is 0. The van der Waals surface area contributed by atoms with Crippen molar-refractivity contribution in [2.75, 3.05) is 0 Å². The Bertz CT molecular complexity index is 59.8. The van der Waals surface area contributed by atoms with Crippen molar-refractivity contribution in [2.24, 2.45) is 0 Å². The van der Waals surface area contributed by atoms with Gasteiger partial charge in [0, 0.05) is 0 Å². The van der Waals surface area contributed by atoms with E-state index >= 15 is 0 Å². The Labute approximate surface area is 156 Å². The van der Waals surface area contributed by atoms with Crippen LogP contribution in [0.1, 0.15) is 0 Å². The van der Waals surface area contributed by atoms with Gasteiger partial charge in [-0.15, -0.1) is 0 Å². The fraction of sp³-hybridized carbons (Fsp3) is 0. The molecule has 68 valence electrons. The van der Waals surface area contributed by atoms with Crippen molar-refractivity contribution in [3.8, 4) is 0 Å². The van der Waals surface area contributed by atoms with E-state index in [4.69, 9.17) is 16.0 Å². The zero-order valence-electron chi connectivity index (χ0n) is 3.70. The van der Waals surface area contributed by atoms with Gasteiger partial charge < -0.3 is 16.4 Å². The summed E-state index contributed by atoms with van der Waals surface area (Å²) >= 11 is -5.12. The molecule has 0 heterocycles. The summed E-state index contributed by atoms with van der Waals surface area (Å²) in [6, 6.07) is 0. The first-order valence-electron chi connectivity index (χ1n) is 0.783. The second-order valence-electron chi connectivity index (χ2n) is 0.513.